The normalized spacial score (nSPS) is 11.5. The van der Waals surface area contributed by atoms with Crippen LogP contribution in [0, 0.1) is 11.8 Å². The van der Waals surface area contributed by atoms with E-state index in [0.717, 1.165) is 30.2 Å². The minimum absolute atomic E-state index is 0.0186. The van der Waals surface area contributed by atoms with E-state index in [4.69, 9.17) is 0 Å². The predicted molar refractivity (Wildman–Crippen MR) is 150 cm³/mol. The molecule has 0 atom stereocenters. The van der Waals surface area contributed by atoms with Gasteiger partial charge in [-0.1, -0.05) is 24.8 Å². The van der Waals surface area contributed by atoms with Gasteiger partial charge in [-0.3, -0.25) is 10.3 Å². The first kappa shape index (κ1) is 28.6. The van der Waals surface area contributed by atoms with Gasteiger partial charge in [-0.2, -0.15) is 13.2 Å². The summed E-state index contributed by atoms with van der Waals surface area (Å²) < 4.78 is 41.5. The van der Waals surface area contributed by atoms with Crippen molar-refractivity contribution in [2.24, 2.45) is 0 Å². The quantitative estimate of drug-likeness (QED) is 0.256. The molecule has 1 aromatic carbocycles. The van der Waals surface area contributed by atoms with Gasteiger partial charge >= 0.3 is 12.2 Å². The summed E-state index contributed by atoms with van der Waals surface area (Å²) in [6.45, 7) is 4.38. The third-order valence-electron chi connectivity index (χ3n) is 6.27. The number of likely N-dealkylation sites (N-methyl/N-ethyl adjacent to an activating group) is 2. The number of halogens is 3. The summed E-state index contributed by atoms with van der Waals surface area (Å²) in [4.78, 5) is 28.0. The van der Waals surface area contributed by atoms with Crippen LogP contribution in [0.15, 0.2) is 61.1 Å². The number of hydrogen-bond donors (Lipinski definition) is 3. The maximum absolute atomic E-state index is 13.8. The van der Waals surface area contributed by atoms with Crippen LogP contribution in [0.2, 0.25) is 0 Å². The lowest BCUT2D eigenvalue weighted by molar-refractivity contribution is -0.138. The SMILES string of the molecule is CCN(C)CCN(C)Cc1ccc(NC(=O)Nc2cc(C#Cc3cnc4cc[nH]c4c3)ccn2)cc1C(F)(F)F. The Morgan fingerprint density at radius 1 is 0.975 bits per heavy atom. The minimum Gasteiger partial charge on any atom is -0.360 e. The van der Waals surface area contributed by atoms with Crippen LogP contribution in [-0.4, -0.2) is 64.5 Å². The summed E-state index contributed by atoms with van der Waals surface area (Å²) in [6, 6.07) is 10.1. The third-order valence-corrected chi connectivity index (χ3v) is 6.27. The van der Waals surface area contributed by atoms with Gasteiger partial charge in [0.05, 0.1) is 16.6 Å². The largest absolute Gasteiger partial charge is 0.416 e. The minimum atomic E-state index is -4.57. The smallest absolute Gasteiger partial charge is 0.360 e. The standard InChI is InChI=1S/C29H30F3N7O/c1-4-38(2)13-14-39(3)19-22-7-8-23(17-24(22)29(30,31)32)36-28(40)37-27-16-20(9-11-34-27)5-6-21-15-26-25(35-18-21)10-12-33-26/h7-12,15-18,33H,4,13-14,19H2,1-3H3,(H2,34,36,37,40). The first-order valence-electron chi connectivity index (χ1n) is 12.7. The number of pyridine rings is 2. The van der Waals surface area contributed by atoms with E-state index in [1.54, 1.807) is 31.6 Å². The van der Waals surface area contributed by atoms with Gasteiger partial charge in [0.2, 0.25) is 0 Å². The number of fused-ring (bicyclic) bond motifs is 1. The number of alkyl halides is 3. The second kappa shape index (κ2) is 12.6. The molecule has 3 aromatic heterocycles. The van der Waals surface area contributed by atoms with Gasteiger partial charge in [-0.25, -0.2) is 9.78 Å². The fourth-order valence-corrected chi connectivity index (χ4v) is 3.93. The Morgan fingerprint density at radius 3 is 2.52 bits per heavy atom. The summed E-state index contributed by atoms with van der Waals surface area (Å²) in [5.74, 6) is 6.22. The van der Waals surface area contributed by atoms with Crippen molar-refractivity contribution in [1.82, 2.24) is 24.8 Å². The van der Waals surface area contributed by atoms with Gasteiger partial charge in [0.1, 0.15) is 5.82 Å². The third kappa shape index (κ3) is 7.81. The maximum Gasteiger partial charge on any atom is 0.416 e. The molecule has 0 saturated carbocycles. The van der Waals surface area contributed by atoms with Gasteiger partial charge in [-0.05, 0) is 62.6 Å². The van der Waals surface area contributed by atoms with Crippen LogP contribution in [0.4, 0.5) is 29.5 Å². The van der Waals surface area contributed by atoms with E-state index in [2.05, 4.69) is 42.3 Å². The van der Waals surface area contributed by atoms with E-state index in [9.17, 15) is 18.0 Å². The topological polar surface area (TPSA) is 89.2 Å². The zero-order valence-electron chi connectivity index (χ0n) is 22.4. The molecular formula is C29H30F3N7O. The number of nitrogens with one attached hydrogen (secondary N) is 3. The Bertz CT molecular complexity index is 1540. The Labute approximate surface area is 230 Å². The second-order valence-corrected chi connectivity index (χ2v) is 9.40. The molecule has 0 aliphatic rings. The molecule has 0 saturated heterocycles. The Kier molecular flexibility index (Phi) is 9.04. The number of anilines is 2. The first-order valence-corrected chi connectivity index (χ1v) is 12.7. The number of amides is 2. The van der Waals surface area contributed by atoms with Crippen LogP contribution in [0.25, 0.3) is 11.0 Å². The Balaban J connectivity index is 1.41. The predicted octanol–water partition coefficient (Wildman–Crippen LogP) is 5.40. The molecule has 0 fully saturated rings. The van der Waals surface area contributed by atoms with E-state index < -0.39 is 17.8 Å². The number of H-pyrrole nitrogens is 1. The van der Waals surface area contributed by atoms with Gasteiger partial charge in [-0.15, -0.1) is 0 Å². The Morgan fingerprint density at radius 2 is 1.75 bits per heavy atom. The number of carbonyl (C=O) groups is 1. The highest BCUT2D eigenvalue weighted by molar-refractivity contribution is 5.99. The monoisotopic (exact) mass is 549 g/mol. The number of urea groups is 1. The van der Waals surface area contributed by atoms with Crippen LogP contribution in [-0.2, 0) is 12.7 Å². The lowest BCUT2D eigenvalue weighted by atomic mass is 10.1. The maximum atomic E-state index is 13.8. The molecule has 0 aliphatic heterocycles. The summed E-state index contributed by atoms with van der Waals surface area (Å²) in [6.07, 6.45) is 0.379. The van der Waals surface area contributed by atoms with Gasteiger partial charge in [0, 0.05) is 55.0 Å². The highest BCUT2D eigenvalue weighted by Crippen LogP contribution is 2.34. The Hall–Kier alpha value is -4.40. The van der Waals surface area contributed by atoms with Crippen LogP contribution in [0.5, 0.6) is 0 Å². The molecule has 0 aliphatic carbocycles. The van der Waals surface area contributed by atoms with Gasteiger partial charge in [0.15, 0.2) is 0 Å². The molecule has 2 amide bonds. The number of aromatic amines is 1. The highest BCUT2D eigenvalue weighted by Gasteiger charge is 2.34. The molecule has 0 bridgehead atoms. The summed E-state index contributed by atoms with van der Waals surface area (Å²) in [5.41, 5.74) is 2.38. The first-order chi connectivity index (χ1) is 19.1. The van der Waals surface area contributed by atoms with Crippen molar-refractivity contribution >= 4 is 28.6 Å². The zero-order chi connectivity index (χ0) is 28.7. The average Bonchev–Trinajstić information content (AvgIpc) is 3.39. The van der Waals surface area contributed by atoms with E-state index >= 15 is 0 Å². The van der Waals surface area contributed by atoms with Gasteiger partial charge in [0.25, 0.3) is 0 Å². The van der Waals surface area contributed by atoms with E-state index in [0.29, 0.717) is 17.7 Å². The summed E-state index contributed by atoms with van der Waals surface area (Å²) >= 11 is 0. The molecule has 8 nitrogen and oxygen atoms in total. The molecule has 4 rings (SSSR count). The van der Waals surface area contributed by atoms with Crippen molar-refractivity contribution in [3.8, 4) is 11.8 Å². The van der Waals surface area contributed by atoms with E-state index in [-0.39, 0.29) is 23.6 Å². The average molecular weight is 550 g/mol. The number of benzene rings is 1. The van der Waals surface area contributed by atoms with Gasteiger partial charge < -0.3 is 20.1 Å². The molecule has 40 heavy (non-hydrogen) atoms. The number of carbonyl (C=O) groups excluding carboxylic acids is 1. The molecule has 0 spiro atoms. The number of rotatable bonds is 8. The summed E-state index contributed by atoms with van der Waals surface area (Å²) in [5, 5.41) is 5.01. The second-order valence-electron chi connectivity index (χ2n) is 9.40. The zero-order valence-corrected chi connectivity index (χ0v) is 22.4. The lowest BCUT2D eigenvalue weighted by Crippen LogP contribution is -2.31. The molecule has 0 unspecified atom stereocenters. The van der Waals surface area contributed by atoms with Crippen molar-refractivity contribution in [3.05, 3.63) is 83.3 Å². The van der Waals surface area contributed by atoms with E-state index in [1.165, 1.54) is 18.3 Å². The number of aromatic nitrogens is 3. The molecule has 0 radical (unpaired) electrons. The van der Waals surface area contributed by atoms with Crippen LogP contribution < -0.4 is 10.6 Å². The van der Waals surface area contributed by atoms with Crippen LogP contribution in [0.1, 0.15) is 29.2 Å². The van der Waals surface area contributed by atoms with Crippen LogP contribution in [0.3, 0.4) is 0 Å². The van der Waals surface area contributed by atoms with Crippen molar-refractivity contribution < 1.29 is 18.0 Å². The fraction of sp³-hybridized carbons (Fsp3) is 0.276. The number of nitrogens with zero attached hydrogens (tertiary/aromatic N) is 4. The molecule has 3 heterocycles. The van der Waals surface area contributed by atoms with Crippen molar-refractivity contribution in [2.75, 3.05) is 44.4 Å². The fourth-order valence-electron chi connectivity index (χ4n) is 3.93. The molecule has 4 aromatic rings. The van der Waals surface area contributed by atoms with Crippen molar-refractivity contribution in [3.63, 3.8) is 0 Å². The van der Waals surface area contributed by atoms with Crippen molar-refractivity contribution in [2.45, 2.75) is 19.6 Å². The van der Waals surface area contributed by atoms with Crippen molar-refractivity contribution in [1.29, 1.82) is 0 Å². The number of hydrogen-bond acceptors (Lipinski definition) is 5. The molecular weight excluding hydrogens is 519 g/mol. The van der Waals surface area contributed by atoms with Crippen LogP contribution >= 0.6 is 0 Å². The molecule has 208 valence electrons. The lowest BCUT2D eigenvalue weighted by Gasteiger charge is -2.23. The summed E-state index contributed by atoms with van der Waals surface area (Å²) in [7, 11) is 3.74. The highest BCUT2D eigenvalue weighted by atomic mass is 19.4. The molecule has 3 N–H and O–H groups in total. The van der Waals surface area contributed by atoms with E-state index in [1.807, 2.05) is 31.0 Å². The molecule has 11 heteroatoms.